The van der Waals surface area contributed by atoms with Gasteiger partial charge in [0.25, 0.3) is 0 Å². The van der Waals surface area contributed by atoms with E-state index in [0.717, 1.165) is 24.0 Å². The average Bonchev–Trinajstić information content (AvgIpc) is 2.86. The first-order valence-electron chi connectivity index (χ1n) is 12.2. The summed E-state index contributed by atoms with van der Waals surface area (Å²) in [6, 6.07) is 19.8. The minimum absolute atomic E-state index is 0.0609. The van der Waals surface area contributed by atoms with Gasteiger partial charge in [0.05, 0.1) is 5.56 Å². The van der Waals surface area contributed by atoms with Gasteiger partial charge >= 0.3 is 0 Å². The van der Waals surface area contributed by atoms with Crippen molar-refractivity contribution in [3.63, 3.8) is 0 Å². The maximum atomic E-state index is 12.9. The second kappa shape index (κ2) is 13.1. The lowest BCUT2D eigenvalue weighted by molar-refractivity contribution is 0.104. The number of phenols is 2. The van der Waals surface area contributed by atoms with Gasteiger partial charge in [0, 0.05) is 5.56 Å². The van der Waals surface area contributed by atoms with E-state index in [1.54, 1.807) is 42.5 Å². The molecule has 0 aliphatic rings. The molecule has 0 heterocycles. The number of phenolic OH excluding ortho intramolecular Hbond substituents is 2. The SMILES string of the molecule is CC(C)=CCCC(C)=CCc1c(OCc2ccccc2)ccc(C(=O)C=Cc2ccc(O)cc2)c1O. The summed E-state index contributed by atoms with van der Waals surface area (Å²) in [5, 5.41) is 20.6. The lowest BCUT2D eigenvalue weighted by atomic mass is 9.99. The Bertz CT molecular complexity index is 1250. The predicted molar refractivity (Wildman–Crippen MR) is 146 cm³/mol. The minimum atomic E-state index is -0.305. The fourth-order valence-electron chi connectivity index (χ4n) is 3.70. The lowest BCUT2D eigenvalue weighted by Gasteiger charge is -2.15. The lowest BCUT2D eigenvalue weighted by Crippen LogP contribution is -2.03. The topological polar surface area (TPSA) is 66.8 Å². The molecule has 0 spiro atoms. The number of hydrogen-bond donors (Lipinski definition) is 2. The molecule has 3 rings (SSSR count). The average molecular weight is 483 g/mol. The van der Waals surface area contributed by atoms with Crippen molar-refractivity contribution in [2.75, 3.05) is 0 Å². The monoisotopic (exact) mass is 482 g/mol. The van der Waals surface area contributed by atoms with Crippen molar-refractivity contribution >= 4 is 11.9 Å². The number of carbonyl (C=O) groups is 1. The van der Waals surface area contributed by atoms with Crippen LogP contribution in [0.4, 0.5) is 0 Å². The molecule has 0 aromatic heterocycles. The number of hydrogen-bond acceptors (Lipinski definition) is 4. The second-order valence-electron chi connectivity index (χ2n) is 9.08. The fourth-order valence-corrected chi connectivity index (χ4v) is 3.70. The zero-order chi connectivity index (χ0) is 25.9. The summed E-state index contributed by atoms with van der Waals surface area (Å²) in [7, 11) is 0. The zero-order valence-corrected chi connectivity index (χ0v) is 21.2. The van der Waals surface area contributed by atoms with E-state index in [1.807, 2.05) is 30.3 Å². The van der Waals surface area contributed by atoms with Crippen LogP contribution in [-0.4, -0.2) is 16.0 Å². The van der Waals surface area contributed by atoms with Crippen molar-refractivity contribution in [3.05, 3.63) is 118 Å². The third-order valence-corrected chi connectivity index (χ3v) is 5.81. The molecule has 186 valence electrons. The number of ether oxygens (including phenoxy) is 1. The molecule has 0 aliphatic heterocycles. The molecule has 4 heteroatoms. The first-order valence-corrected chi connectivity index (χ1v) is 12.2. The van der Waals surface area contributed by atoms with Gasteiger partial charge in [-0.3, -0.25) is 4.79 Å². The quantitative estimate of drug-likeness (QED) is 0.166. The van der Waals surface area contributed by atoms with E-state index < -0.39 is 0 Å². The van der Waals surface area contributed by atoms with Gasteiger partial charge < -0.3 is 14.9 Å². The van der Waals surface area contributed by atoms with Crippen LogP contribution in [0.2, 0.25) is 0 Å². The Morgan fingerprint density at radius 1 is 0.889 bits per heavy atom. The Morgan fingerprint density at radius 3 is 2.31 bits per heavy atom. The first-order chi connectivity index (χ1) is 17.3. The maximum absolute atomic E-state index is 12.9. The smallest absolute Gasteiger partial charge is 0.189 e. The molecule has 3 aromatic rings. The Hall–Kier alpha value is -4.05. The summed E-state index contributed by atoms with van der Waals surface area (Å²) < 4.78 is 6.07. The van der Waals surface area contributed by atoms with E-state index in [2.05, 4.69) is 32.9 Å². The number of carbonyl (C=O) groups excluding carboxylic acids is 1. The molecule has 0 saturated carbocycles. The van der Waals surface area contributed by atoms with Gasteiger partial charge in [-0.15, -0.1) is 0 Å². The van der Waals surface area contributed by atoms with Crippen LogP contribution in [0.15, 0.2) is 96.1 Å². The predicted octanol–water partition coefficient (Wildman–Crippen LogP) is 7.81. The highest BCUT2D eigenvalue weighted by molar-refractivity contribution is 6.09. The minimum Gasteiger partial charge on any atom is -0.508 e. The van der Waals surface area contributed by atoms with Gasteiger partial charge in [-0.25, -0.2) is 0 Å². The number of aromatic hydroxyl groups is 2. The van der Waals surface area contributed by atoms with E-state index in [4.69, 9.17) is 4.74 Å². The maximum Gasteiger partial charge on any atom is 0.189 e. The molecule has 36 heavy (non-hydrogen) atoms. The molecule has 0 unspecified atom stereocenters. The molecular formula is C32H34O4. The van der Waals surface area contributed by atoms with E-state index in [-0.39, 0.29) is 22.8 Å². The van der Waals surface area contributed by atoms with Gasteiger partial charge in [-0.2, -0.15) is 0 Å². The molecule has 4 nitrogen and oxygen atoms in total. The molecule has 0 bridgehead atoms. The van der Waals surface area contributed by atoms with E-state index in [1.165, 1.54) is 17.2 Å². The van der Waals surface area contributed by atoms with Crippen molar-refractivity contribution < 1.29 is 19.7 Å². The third-order valence-electron chi connectivity index (χ3n) is 5.81. The Morgan fingerprint density at radius 2 is 1.61 bits per heavy atom. The Kier molecular flexibility index (Phi) is 9.70. The van der Waals surface area contributed by atoms with Crippen LogP contribution in [0.1, 0.15) is 60.7 Å². The summed E-state index contributed by atoms with van der Waals surface area (Å²) in [5.74, 6) is 0.356. The molecule has 0 fully saturated rings. The van der Waals surface area contributed by atoms with Gasteiger partial charge in [0.2, 0.25) is 0 Å². The van der Waals surface area contributed by atoms with E-state index in [0.29, 0.717) is 24.3 Å². The molecular weight excluding hydrogens is 448 g/mol. The van der Waals surface area contributed by atoms with Crippen LogP contribution >= 0.6 is 0 Å². The Balaban J connectivity index is 1.85. The number of allylic oxidation sites excluding steroid dienone is 5. The molecule has 2 N–H and O–H groups in total. The number of rotatable bonds is 11. The van der Waals surface area contributed by atoms with E-state index >= 15 is 0 Å². The third kappa shape index (κ3) is 8.02. The molecule has 0 aliphatic carbocycles. The second-order valence-corrected chi connectivity index (χ2v) is 9.08. The number of ketones is 1. The molecule has 0 amide bonds. The van der Waals surface area contributed by atoms with Crippen molar-refractivity contribution in [1.29, 1.82) is 0 Å². The first kappa shape index (κ1) is 26.6. The summed E-state index contributed by atoms with van der Waals surface area (Å²) in [6.45, 7) is 6.62. The molecule has 0 radical (unpaired) electrons. The molecule has 0 atom stereocenters. The van der Waals surface area contributed by atoms with Crippen molar-refractivity contribution in [1.82, 2.24) is 0 Å². The van der Waals surface area contributed by atoms with Gasteiger partial charge in [0.1, 0.15) is 23.9 Å². The highest BCUT2D eigenvalue weighted by atomic mass is 16.5. The van der Waals surface area contributed by atoms with Gasteiger partial charge in [-0.05, 0) is 81.5 Å². The van der Waals surface area contributed by atoms with E-state index in [9.17, 15) is 15.0 Å². The summed E-state index contributed by atoms with van der Waals surface area (Å²) >= 11 is 0. The Labute approximate surface area is 213 Å². The van der Waals surface area contributed by atoms with Crippen LogP contribution in [-0.2, 0) is 13.0 Å². The summed E-state index contributed by atoms with van der Waals surface area (Å²) in [5.41, 5.74) is 5.12. The van der Waals surface area contributed by atoms with Gasteiger partial charge in [0.15, 0.2) is 5.78 Å². The molecule has 0 saturated heterocycles. The highest BCUT2D eigenvalue weighted by Gasteiger charge is 2.17. The van der Waals surface area contributed by atoms with Gasteiger partial charge in [-0.1, -0.05) is 71.8 Å². The van der Waals surface area contributed by atoms with Crippen molar-refractivity contribution in [3.8, 4) is 17.2 Å². The number of benzene rings is 3. The van der Waals surface area contributed by atoms with Crippen LogP contribution in [0.3, 0.4) is 0 Å². The zero-order valence-electron chi connectivity index (χ0n) is 21.2. The van der Waals surface area contributed by atoms with Crippen LogP contribution in [0.25, 0.3) is 6.08 Å². The van der Waals surface area contributed by atoms with Crippen LogP contribution < -0.4 is 4.74 Å². The fraction of sp³-hybridized carbons (Fsp3) is 0.219. The van der Waals surface area contributed by atoms with Crippen LogP contribution in [0, 0.1) is 0 Å². The highest BCUT2D eigenvalue weighted by Crippen LogP contribution is 2.34. The van der Waals surface area contributed by atoms with Crippen molar-refractivity contribution in [2.45, 2.75) is 46.6 Å². The summed E-state index contributed by atoms with van der Waals surface area (Å²) in [4.78, 5) is 12.9. The van der Waals surface area contributed by atoms with Crippen LogP contribution in [0.5, 0.6) is 17.2 Å². The normalized spacial score (nSPS) is 11.5. The van der Waals surface area contributed by atoms with Crippen molar-refractivity contribution in [2.24, 2.45) is 0 Å². The molecule has 3 aromatic carbocycles. The largest absolute Gasteiger partial charge is 0.508 e. The standard InChI is InChI=1S/C32H34O4/c1-23(2)8-7-9-24(3)12-18-29-31(36-22-26-10-5-4-6-11-26)21-19-28(32(29)35)30(34)20-15-25-13-16-27(33)17-14-25/h4-6,8,10-17,19-21,33,35H,7,9,18,22H2,1-3H3. The summed E-state index contributed by atoms with van der Waals surface area (Å²) in [6.07, 6.45) is 9.74.